The van der Waals surface area contributed by atoms with Crippen molar-refractivity contribution < 1.29 is 17.7 Å². The molecule has 98 valence electrons. The van der Waals surface area contributed by atoms with E-state index in [1.807, 2.05) is 4.90 Å². The fourth-order valence-electron chi connectivity index (χ4n) is 2.22. The third-order valence-electron chi connectivity index (χ3n) is 3.09. The van der Waals surface area contributed by atoms with E-state index in [2.05, 4.69) is 10.3 Å². The molecule has 3 heterocycles. The molecule has 2 atom stereocenters. The number of pyridine rings is 1. The Bertz CT molecular complexity index is 482. The average molecular weight is 277 g/mol. The molecule has 0 unspecified atom stereocenters. The van der Waals surface area contributed by atoms with Crippen molar-refractivity contribution in [3.8, 4) is 0 Å². The summed E-state index contributed by atoms with van der Waals surface area (Å²) in [4.78, 5) is 5.86. The number of hydrogen-bond acceptors (Lipinski definition) is 4. The third kappa shape index (κ3) is 1.75. The van der Waals surface area contributed by atoms with Gasteiger partial charge < -0.3 is 14.8 Å². The number of nitrogens with zero attached hydrogens (tertiary/aromatic N) is 2. The first-order valence-electron chi connectivity index (χ1n) is 5.43. The van der Waals surface area contributed by atoms with Crippen molar-refractivity contribution in [3.05, 3.63) is 17.8 Å². The van der Waals surface area contributed by atoms with Crippen LogP contribution in [-0.4, -0.2) is 34.5 Å². The van der Waals surface area contributed by atoms with Gasteiger partial charge in [-0.05, 0) is 0 Å². The zero-order chi connectivity index (χ0) is 12.9. The van der Waals surface area contributed by atoms with Crippen molar-refractivity contribution in [1.82, 2.24) is 10.3 Å². The van der Waals surface area contributed by atoms with Gasteiger partial charge in [0.2, 0.25) is 5.37 Å². The SMILES string of the molecule is [O-][S@+]1c2cc(C(F)(F)F)cnc2N2CCNC[C@H]21. The summed E-state index contributed by atoms with van der Waals surface area (Å²) in [6.07, 6.45) is -3.64. The lowest BCUT2D eigenvalue weighted by Crippen LogP contribution is -2.51. The van der Waals surface area contributed by atoms with Crippen molar-refractivity contribution in [2.45, 2.75) is 16.4 Å². The van der Waals surface area contributed by atoms with Crippen LogP contribution in [0, 0.1) is 0 Å². The topological polar surface area (TPSA) is 51.2 Å². The molecule has 4 nitrogen and oxygen atoms in total. The van der Waals surface area contributed by atoms with Crippen LogP contribution in [0.2, 0.25) is 0 Å². The molecular weight excluding hydrogens is 267 g/mol. The van der Waals surface area contributed by atoms with Crippen LogP contribution in [-0.2, 0) is 17.4 Å². The van der Waals surface area contributed by atoms with Crippen molar-refractivity contribution in [1.29, 1.82) is 0 Å². The highest BCUT2D eigenvalue weighted by Gasteiger charge is 2.46. The fourth-order valence-corrected chi connectivity index (χ4v) is 3.81. The molecule has 1 N–H and O–H groups in total. The van der Waals surface area contributed by atoms with Gasteiger partial charge in [-0.3, -0.25) is 0 Å². The maximum absolute atomic E-state index is 12.6. The molecule has 8 heteroatoms. The van der Waals surface area contributed by atoms with Crippen molar-refractivity contribution >= 4 is 17.0 Å². The first kappa shape index (κ1) is 12.1. The summed E-state index contributed by atoms with van der Waals surface area (Å²) in [6, 6.07) is 0.955. The zero-order valence-corrected chi connectivity index (χ0v) is 10.0. The van der Waals surface area contributed by atoms with Crippen LogP contribution in [0.4, 0.5) is 19.0 Å². The molecule has 18 heavy (non-hydrogen) atoms. The normalized spacial score (nSPS) is 27.0. The van der Waals surface area contributed by atoms with Gasteiger partial charge in [0.1, 0.15) is 0 Å². The van der Waals surface area contributed by atoms with Gasteiger partial charge in [-0.25, -0.2) is 4.98 Å². The summed E-state index contributed by atoms with van der Waals surface area (Å²) in [5, 5.41) is 2.78. The van der Waals surface area contributed by atoms with Crippen LogP contribution in [0.15, 0.2) is 17.2 Å². The highest BCUT2D eigenvalue weighted by molar-refractivity contribution is 7.92. The van der Waals surface area contributed by atoms with E-state index in [4.69, 9.17) is 0 Å². The molecule has 0 amide bonds. The maximum atomic E-state index is 12.6. The van der Waals surface area contributed by atoms with E-state index < -0.39 is 22.9 Å². The summed E-state index contributed by atoms with van der Waals surface area (Å²) in [5.74, 6) is 0.424. The number of alkyl halides is 3. The molecule has 1 aromatic rings. The lowest BCUT2D eigenvalue weighted by molar-refractivity contribution is -0.138. The third-order valence-corrected chi connectivity index (χ3v) is 4.74. The minimum Gasteiger partial charge on any atom is -0.610 e. The Balaban J connectivity index is 2.03. The van der Waals surface area contributed by atoms with Crippen molar-refractivity contribution in [3.63, 3.8) is 0 Å². The summed E-state index contributed by atoms with van der Waals surface area (Å²) >= 11 is -1.46. The van der Waals surface area contributed by atoms with Gasteiger partial charge in [0, 0.05) is 36.5 Å². The van der Waals surface area contributed by atoms with Crippen LogP contribution < -0.4 is 10.2 Å². The molecule has 1 aromatic heterocycles. The standard InChI is InChI=1S/C10H10F3N3OS/c11-10(12,13)6-3-7-9(15-4-6)16-2-1-14-5-8(16)18(7)17/h3-4,8,14H,1-2,5H2/t8-,18-/m1/s1. The monoisotopic (exact) mass is 277 g/mol. The van der Waals surface area contributed by atoms with E-state index in [1.54, 1.807) is 0 Å². The number of anilines is 1. The first-order valence-corrected chi connectivity index (χ1v) is 6.65. The number of piperazine rings is 1. The highest BCUT2D eigenvalue weighted by Crippen LogP contribution is 2.40. The second-order valence-electron chi connectivity index (χ2n) is 4.19. The van der Waals surface area contributed by atoms with Crippen molar-refractivity contribution in [2.75, 3.05) is 24.5 Å². The van der Waals surface area contributed by atoms with Gasteiger partial charge in [-0.15, -0.1) is 0 Å². The van der Waals surface area contributed by atoms with Crippen LogP contribution in [0.25, 0.3) is 0 Å². The van der Waals surface area contributed by atoms with E-state index in [1.165, 1.54) is 0 Å². The minimum atomic E-state index is -4.45. The Kier molecular flexibility index (Phi) is 2.68. The molecule has 0 aromatic carbocycles. The quantitative estimate of drug-likeness (QED) is 0.718. The molecule has 0 aliphatic carbocycles. The predicted molar refractivity (Wildman–Crippen MR) is 59.7 cm³/mol. The molecule has 1 saturated heterocycles. The van der Waals surface area contributed by atoms with Gasteiger partial charge >= 0.3 is 6.18 Å². The molecular formula is C10H10F3N3OS. The van der Waals surface area contributed by atoms with E-state index in [0.717, 1.165) is 18.8 Å². The second kappa shape index (κ2) is 4.01. The molecule has 1 fully saturated rings. The fraction of sp³-hybridized carbons (Fsp3) is 0.500. The Labute approximate surface area is 104 Å². The number of hydrogen-bond donors (Lipinski definition) is 1. The van der Waals surface area contributed by atoms with Crippen LogP contribution >= 0.6 is 0 Å². The van der Waals surface area contributed by atoms with E-state index in [0.29, 0.717) is 18.9 Å². The lowest BCUT2D eigenvalue weighted by atomic mass is 10.2. The summed E-state index contributed by atoms with van der Waals surface area (Å²) < 4.78 is 49.9. The van der Waals surface area contributed by atoms with E-state index in [9.17, 15) is 17.7 Å². The number of aromatic nitrogens is 1. The second-order valence-corrected chi connectivity index (χ2v) is 5.77. The van der Waals surface area contributed by atoms with E-state index in [-0.39, 0.29) is 10.3 Å². The van der Waals surface area contributed by atoms with Crippen LogP contribution in [0.1, 0.15) is 5.56 Å². The molecule has 0 spiro atoms. The van der Waals surface area contributed by atoms with Gasteiger partial charge in [0.15, 0.2) is 10.7 Å². The highest BCUT2D eigenvalue weighted by atomic mass is 32.2. The van der Waals surface area contributed by atoms with Gasteiger partial charge in [-0.1, -0.05) is 0 Å². The molecule has 0 radical (unpaired) electrons. The summed E-state index contributed by atoms with van der Waals surface area (Å²) in [7, 11) is 0. The molecule has 2 aliphatic heterocycles. The minimum absolute atomic E-state index is 0.193. The summed E-state index contributed by atoms with van der Waals surface area (Å²) in [5.41, 5.74) is -0.845. The number of halogens is 3. The van der Waals surface area contributed by atoms with Crippen LogP contribution in [0.3, 0.4) is 0 Å². The Morgan fingerprint density at radius 3 is 3.00 bits per heavy atom. The van der Waals surface area contributed by atoms with Gasteiger partial charge in [0.05, 0.1) is 12.1 Å². The molecule has 0 saturated carbocycles. The van der Waals surface area contributed by atoms with Crippen LogP contribution in [0.5, 0.6) is 0 Å². The molecule has 3 rings (SSSR count). The Morgan fingerprint density at radius 2 is 2.28 bits per heavy atom. The molecule has 0 bridgehead atoms. The summed E-state index contributed by atoms with van der Waals surface area (Å²) in [6.45, 7) is 1.84. The smallest absolute Gasteiger partial charge is 0.418 e. The number of rotatable bonds is 0. The maximum Gasteiger partial charge on any atom is 0.418 e. The largest absolute Gasteiger partial charge is 0.610 e. The van der Waals surface area contributed by atoms with Gasteiger partial charge in [-0.2, -0.15) is 13.2 Å². The average Bonchev–Trinajstić information content (AvgIpc) is 2.63. The van der Waals surface area contributed by atoms with Gasteiger partial charge in [0.25, 0.3) is 0 Å². The Hall–Kier alpha value is -0.990. The first-order chi connectivity index (χ1) is 8.48. The molecule has 2 aliphatic rings. The van der Waals surface area contributed by atoms with E-state index >= 15 is 0 Å². The predicted octanol–water partition coefficient (Wildman–Crippen LogP) is 0.957. The zero-order valence-electron chi connectivity index (χ0n) is 9.20. The number of nitrogens with one attached hydrogen (secondary N) is 1. The Morgan fingerprint density at radius 1 is 1.50 bits per heavy atom. The van der Waals surface area contributed by atoms with Crippen molar-refractivity contribution in [2.24, 2.45) is 0 Å². The number of fused-ring (bicyclic) bond motifs is 3. The lowest BCUT2D eigenvalue weighted by Gasteiger charge is -2.29.